The predicted molar refractivity (Wildman–Crippen MR) is 129 cm³/mol. The summed E-state index contributed by atoms with van der Waals surface area (Å²) in [7, 11) is 0. The monoisotopic (exact) mass is 482 g/mol. The van der Waals surface area contributed by atoms with Gasteiger partial charge in [-0.15, -0.1) is 0 Å². The number of aromatic carboxylic acids is 2. The molecule has 0 saturated carbocycles. The zero-order valence-electron chi connectivity index (χ0n) is 17.8. The zero-order valence-corrected chi connectivity index (χ0v) is 17.8. The number of carboxylic acid groups (broad SMARTS) is 2. The van der Waals surface area contributed by atoms with E-state index in [-0.39, 0.29) is 65.0 Å². The summed E-state index contributed by atoms with van der Waals surface area (Å²) in [5.41, 5.74) is -5.32. The molecule has 0 aliphatic carbocycles. The van der Waals surface area contributed by atoms with Crippen LogP contribution in [-0.4, -0.2) is 22.2 Å². The van der Waals surface area contributed by atoms with Gasteiger partial charge in [-0.05, 0) is 47.2 Å². The standard InChI is InChI=1S/C26H10O10/c27-21(28)11-3-7-15-19-13-5-1-9(17(11)19)10-2-6-14(24(32)35-23(13)31)20-16(26(34)36-25(15)33)8-4-12(18(10)20)22(29)30/h1-8H,(H,27,28)(H,29,30). The maximum absolute atomic E-state index is 13.1. The summed E-state index contributed by atoms with van der Waals surface area (Å²) in [5.74, 6) is -2.80. The first-order valence-corrected chi connectivity index (χ1v) is 10.4. The highest BCUT2D eigenvalue weighted by Crippen LogP contribution is 2.37. The molecule has 3 aromatic heterocycles. The fraction of sp³-hybridized carbons (Fsp3) is 0. The van der Waals surface area contributed by atoms with Gasteiger partial charge in [-0.3, -0.25) is 0 Å². The Labute approximate surface area is 196 Å². The van der Waals surface area contributed by atoms with E-state index in [9.17, 15) is 39.0 Å². The van der Waals surface area contributed by atoms with E-state index in [1.54, 1.807) is 0 Å². The van der Waals surface area contributed by atoms with Crippen molar-refractivity contribution in [1.29, 1.82) is 0 Å². The van der Waals surface area contributed by atoms with Gasteiger partial charge >= 0.3 is 34.4 Å². The van der Waals surface area contributed by atoms with E-state index in [1.807, 2.05) is 0 Å². The average molecular weight is 482 g/mol. The first-order valence-electron chi connectivity index (χ1n) is 10.4. The second-order valence-electron chi connectivity index (χ2n) is 8.11. The Bertz CT molecular complexity index is 2080. The molecule has 7 rings (SSSR count). The number of rotatable bonds is 2. The van der Waals surface area contributed by atoms with Crippen molar-refractivity contribution in [2.45, 2.75) is 0 Å². The first-order chi connectivity index (χ1) is 17.2. The largest absolute Gasteiger partial charge is 0.478 e. The normalized spacial score (nSPS) is 11.7. The Morgan fingerprint density at radius 2 is 0.722 bits per heavy atom. The molecule has 36 heavy (non-hydrogen) atoms. The second-order valence-corrected chi connectivity index (χ2v) is 8.11. The molecule has 10 nitrogen and oxygen atoms in total. The van der Waals surface area contributed by atoms with Gasteiger partial charge in [0.05, 0.1) is 32.7 Å². The van der Waals surface area contributed by atoms with Crippen LogP contribution in [0.3, 0.4) is 0 Å². The van der Waals surface area contributed by atoms with E-state index in [0.717, 1.165) is 24.3 Å². The van der Waals surface area contributed by atoms with Crippen LogP contribution in [0.4, 0.5) is 0 Å². The van der Waals surface area contributed by atoms with E-state index in [4.69, 9.17) is 8.83 Å². The molecule has 0 fully saturated rings. The van der Waals surface area contributed by atoms with Crippen molar-refractivity contribution >= 4 is 65.8 Å². The lowest BCUT2D eigenvalue weighted by atomic mass is 9.91. The van der Waals surface area contributed by atoms with E-state index in [2.05, 4.69) is 0 Å². The minimum atomic E-state index is -1.40. The molecule has 0 aliphatic rings. The molecule has 7 aromatic rings. The van der Waals surface area contributed by atoms with E-state index in [0.29, 0.717) is 0 Å². The van der Waals surface area contributed by atoms with Crippen molar-refractivity contribution in [2.24, 2.45) is 0 Å². The summed E-state index contributed by atoms with van der Waals surface area (Å²) in [6.45, 7) is 0. The van der Waals surface area contributed by atoms with E-state index < -0.39 is 34.4 Å². The molecule has 0 atom stereocenters. The van der Waals surface area contributed by atoms with Crippen molar-refractivity contribution < 1.29 is 28.6 Å². The fourth-order valence-electron chi connectivity index (χ4n) is 4.87. The number of carboxylic acids is 2. The summed E-state index contributed by atoms with van der Waals surface area (Å²) >= 11 is 0. The van der Waals surface area contributed by atoms with Gasteiger partial charge in [-0.25, -0.2) is 28.8 Å². The van der Waals surface area contributed by atoms with Crippen LogP contribution < -0.4 is 22.5 Å². The summed E-state index contributed by atoms with van der Waals surface area (Å²) in [4.78, 5) is 76.9. The SMILES string of the molecule is O=C(O)c1ccc2c(=O)oc(=O)c3ccc(C(=O)O)c4c5ccc(c(=O)oc(=O)c6ccc5c1c26)c34. The molecule has 0 saturated heterocycles. The van der Waals surface area contributed by atoms with Gasteiger partial charge < -0.3 is 19.0 Å². The fourth-order valence-corrected chi connectivity index (χ4v) is 4.87. The molecule has 0 spiro atoms. The average Bonchev–Trinajstić information content (AvgIpc) is 2.89. The van der Waals surface area contributed by atoms with Crippen LogP contribution in [-0.2, 0) is 0 Å². The zero-order chi connectivity index (χ0) is 25.5. The first kappa shape index (κ1) is 21.2. The number of benzene rings is 4. The van der Waals surface area contributed by atoms with E-state index >= 15 is 0 Å². The Balaban J connectivity index is 2.31. The summed E-state index contributed by atoms with van der Waals surface area (Å²) < 4.78 is 10.1. The number of fused-ring (bicyclic) bond motifs is 3. The van der Waals surface area contributed by atoms with Gasteiger partial charge in [0.2, 0.25) is 0 Å². The van der Waals surface area contributed by atoms with Crippen molar-refractivity contribution in [3.8, 4) is 0 Å². The van der Waals surface area contributed by atoms with Crippen LogP contribution in [0.15, 0.2) is 76.5 Å². The molecular formula is C26H10O10. The van der Waals surface area contributed by atoms with Crippen LogP contribution in [0.2, 0.25) is 0 Å². The van der Waals surface area contributed by atoms with Crippen molar-refractivity contribution in [2.75, 3.05) is 0 Å². The molecule has 10 bridgehead atoms. The van der Waals surface area contributed by atoms with Crippen molar-refractivity contribution in [1.82, 2.24) is 0 Å². The Morgan fingerprint density at radius 3 is 1.03 bits per heavy atom. The van der Waals surface area contributed by atoms with Crippen molar-refractivity contribution in [3.05, 3.63) is 101 Å². The predicted octanol–water partition coefficient (Wildman–Crippen LogP) is 2.91. The second kappa shape index (κ2) is 7.06. The highest BCUT2D eigenvalue weighted by Gasteiger charge is 2.22. The summed E-state index contributed by atoms with van der Waals surface area (Å²) in [6, 6.07) is 9.66. The van der Waals surface area contributed by atoms with E-state index in [1.165, 1.54) is 24.3 Å². The molecule has 3 heterocycles. The Kier molecular flexibility index (Phi) is 4.15. The van der Waals surface area contributed by atoms with Crippen LogP contribution in [0.1, 0.15) is 20.7 Å². The van der Waals surface area contributed by atoms with Crippen LogP contribution in [0.25, 0.3) is 53.9 Å². The van der Waals surface area contributed by atoms with Crippen LogP contribution in [0.5, 0.6) is 0 Å². The highest BCUT2D eigenvalue weighted by atomic mass is 16.4. The highest BCUT2D eigenvalue weighted by molar-refractivity contribution is 6.30. The quantitative estimate of drug-likeness (QED) is 0.374. The van der Waals surface area contributed by atoms with Crippen LogP contribution >= 0.6 is 0 Å². The third kappa shape index (κ3) is 2.66. The van der Waals surface area contributed by atoms with Gasteiger partial charge in [0, 0.05) is 21.5 Å². The summed E-state index contributed by atoms with van der Waals surface area (Å²) in [6.07, 6.45) is 0. The lowest BCUT2D eigenvalue weighted by molar-refractivity contribution is 0.0688. The van der Waals surface area contributed by atoms with Crippen molar-refractivity contribution in [3.63, 3.8) is 0 Å². The molecule has 0 radical (unpaired) electrons. The number of carbonyl (C=O) groups is 2. The molecule has 0 unspecified atom stereocenters. The van der Waals surface area contributed by atoms with Gasteiger partial charge in [0.25, 0.3) is 0 Å². The molecule has 0 amide bonds. The lowest BCUT2D eigenvalue weighted by Crippen LogP contribution is -2.12. The topological polar surface area (TPSA) is 169 Å². The lowest BCUT2D eigenvalue weighted by Gasteiger charge is -2.10. The Morgan fingerprint density at radius 1 is 0.444 bits per heavy atom. The summed E-state index contributed by atoms with van der Waals surface area (Å²) in [5, 5.41) is 18.4. The Hall–Kier alpha value is -5.38. The maximum Gasteiger partial charge on any atom is 0.346 e. The van der Waals surface area contributed by atoms with Gasteiger partial charge in [0.15, 0.2) is 0 Å². The van der Waals surface area contributed by atoms with Gasteiger partial charge in [0.1, 0.15) is 0 Å². The smallest absolute Gasteiger partial charge is 0.346 e. The molecule has 174 valence electrons. The minimum Gasteiger partial charge on any atom is -0.478 e. The van der Waals surface area contributed by atoms with Gasteiger partial charge in [-0.1, -0.05) is 12.1 Å². The minimum absolute atomic E-state index is 0.0918. The van der Waals surface area contributed by atoms with Gasteiger partial charge in [-0.2, -0.15) is 0 Å². The third-order valence-corrected chi connectivity index (χ3v) is 6.32. The molecular weight excluding hydrogens is 472 g/mol. The number of hydrogen-bond acceptors (Lipinski definition) is 8. The molecule has 0 aliphatic heterocycles. The number of hydrogen-bond donors (Lipinski definition) is 2. The molecule has 4 aromatic carbocycles. The third-order valence-electron chi connectivity index (χ3n) is 6.32. The van der Waals surface area contributed by atoms with Crippen LogP contribution in [0, 0.1) is 0 Å². The molecule has 10 heteroatoms. The molecule has 2 N–H and O–H groups in total. The maximum atomic E-state index is 13.1.